The second kappa shape index (κ2) is 9.81. The number of phenols is 1. The molecule has 202 valence electrons. The Morgan fingerprint density at radius 3 is 2.36 bits per heavy atom. The fraction of sp³-hybridized carbons (Fsp3) is 0.333. The third kappa shape index (κ3) is 4.52. The summed E-state index contributed by atoms with van der Waals surface area (Å²) in [7, 11) is 0. The van der Waals surface area contributed by atoms with Crippen LogP contribution in [-0.2, 0) is 32.0 Å². The maximum Gasteiger partial charge on any atom is 0.255 e. The number of hydrogen-bond donors (Lipinski definition) is 5. The molecule has 1 saturated carbocycles. The lowest BCUT2D eigenvalue weighted by atomic mass is 9.61. The SMILES string of the molecule is CC(O)CC(=O)Cc1ccc(-c2ccc(O)c3c2CC2CC4CC(=O)C(C(N)=O)=C(O)C4C(=O)C2=C3O)cc1. The van der Waals surface area contributed by atoms with Crippen LogP contribution in [0.5, 0.6) is 5.75 Å². The third-order valence-electron chi connectivity index (χ3n) is 7.96. The maximum atomic E-state index is 13.6. The molecule has 0 radical (unpaired) electrons. The number of amides is 1. The molecule has 1 fully saturated rings. The molecule has 6 N–H and O–H groups in total. The van der Waals surface area contributed by atoms with E-state index in [1.165, 1.54) is 6.07 Å². The van der Waals surface area contributed by atoms with Gasteiger partial charge in [-0.2, -0.15) is 0 Å². The average molecular weight is 532 g/mol. The predicted octanol–water partition coefficient (Wildman–Crippen LogP) is 2.86. The summed E-state index contributed by atoms with van der Waals surface area (Å²) in [6, 6.07) is 10.5. The van der Waals surface area contributed by atoms with Gasteiger partial charge in [0.25, 0.3) is 5.91 Å². The van der Waals surface area contributed by atoms with Crippen LogP contribution in [0.2, 0.25) is 0 Å². The fourth-order valence-electron chi connectivity index (χ4n) is 6.34. The third-order valence-corrected chi connectivity index (χ3v) is 7.96. The van der Waals surface area contributed by atoms with Gasteiger partial charge in [0, 0.05) is 24.8 Å². The molecule has 2 aromatic rings. The topological polar surface area (TPSA) is 175 Å². The first kappa shape index (κ1) is 26.4. The summed E-state index contributed by atoms with van der Waals surface area (Å²) in [5.74, 6) is -5.76. The Balaban J connectivity index is 1.53. The van der Waals surface area contributed by atoms with Crippen LogP contribution >= 0.6 is 0 Å². The first-order chi connectivity index (χ1) is 18.5. The van der Waals surface area contributed by atoms with Crippen molar-refractivity contribution in [3.63, 3.8) is 0 Å². The highest BCUT2D eigenvalue weighted by atomic mass is 16.3. The minimum Gasteiger partial charge on any atom is -0.511 e. The number of phenolic OH excluding ortho intramolecular Hbond substituents is 1. The maximum absolute atomic E-state index is 13.6. The molecule has 4 atom stereocenters. The number of aliphatic hydroxyl groups is 3. The van der Waals surface area contributed by atoms with Crippen LogP contribution in [0.1, 0.15) is 42.9 Å². The molecular formula is C30H29NO8. The summed E-state index contributed by atoms with van der Waals surface area (Å²) in [4.78, 5) is 49.9. The number of hydrogen-bond acceptors (Lipinski definition) is 8. The van der Waals surface area contributed by atoms with Crippen molar-refractivity contribution in [2.45, 2.75) is 45.1 Å². The Labute approximate surface area is 224 Å². The highest BCUT2D eigenvalue weighted by Gasteiger charge is 2.51. The number of ketones is 3. The zero-order valence-electron chi connectivity index (χ0n) is 21.3. The van der Waals surface area contributed by atoms with Crippen molar-refractivity contribution in [2.24, 2.45) is 23.5 Å². The zero-order chi connectivity index (χ0) is 28.2. The number of carbonyl (C=O) groups is 4. The summed E-state index contributed by atoms with van der Waals surface area (Å²) in [6.45, 7) is 1.56. The van der Waals surface area contributed by atoms with E-state index in [0.717, 1.165) is 16.7 Å². The standard InChI is InChI=1S/C30H29NO8/c1-13(32)8-18(33)9-14-2-4-15(5-3-14)19-6-7-21(34)25-20(19)11-16-10-17-12-22(35)26(30(31)39)29(38)24(17)27(36)23(16)28(25)37/h2-7,13,16-17,24,32,34,37-38H,8-12H2,1H3,(H2,31,39). The molecule has 1 amide bonds. The van der Waals surface area contributed by atoms with Crippen LogP contribution in [0, 0.1) is 17.8 Å². The van der Waals surface area contributed by atoms with Crippen molar-refractivity contribution >= 4 is 29.0 Å². The lowest BCUT2D eigenvalue weighted by Crippen LogP contribution is -2.44. The highest BCUT2D eigenvalue weighted by Crippen LogP contribution is 2.51. The smallest absolute Gasteiger partial charge is 0.255 e. The molecule has 2 aromatic carbocycles. The minimum absolute atomic E-state index is 0.0629. The first-order valence-electron chi connectivity index (χ1n) is 12.9. The molecule has 3 aliphatic carbocycles. The molecule has 9 nitrogen and oxygen atoms in total. The van der Waals surface area contributed by atoms with E-state index in [1.54, 1.807) is 13.0 Å². The molecule has 0 heterocycles. The van der Waals surface area contributed by atoms with Gasteiger partial charge < -0.3 is 26.2 Å². The van der Waals surface area contributed by atoms with Gasteiger partial charge in [-0.3, -0.25) is 19.2 Å². The first-order valence-corrected chi connectivity index (χ1v) is 12.9. The molecule has 0 spiro atoms. The van der Waals surface area contributed by atoms with Crippen LogP contribution in [0.4, 0.5) is 0 Å². The second-order valence-electron chi connectivity index (χ2n) is 10.7. The highest BCUT2D eigenvalue weighted by molar-refractivity contribution is 6.21. The number of allylic oxidation sites excluding steroid dienone is 2. The van der Waals surface area contributed by atoms with Crippen LogP contribution in [-0.4, -0.2) is 49.8 Å². The van der Waals surface area contributed by atoms with Gasteiger partial charge in [0.15, 0.2) is 11.6 Å². The lowest BCUT2D eigenvalue weighted by Gasteiger charge is -2.41. The number of aromatic hydroxyl groups is 1. The summed E-state index contributed by atoms with van der Waals surface area (Å²) >= 11 is 0. The number of rotatable bonds is 6. The van der Waals surface area contributed by atoms with Gasteiger partial charge in [0.2, 0.25) is 0 Å². The largest absolute Gasteiger partial charge is 0.511 e. The molecule has 0 aromatic heterocycles. The van der Waals surface area contributed by atoms with Gasteiger partial charge in [-0.1, -0.05) is 30.3 Å². The van der Waals surface area contributed by atoms with Crippen molar-refractivity contribution in [2.75, 3.05) is 0 Å². The average Bonchev–Trinajstić information content (AvgIpc) is 2.83. The molecule has 39 heavy (non-hydrogen) atoms. The van der Waals surface area contributed by atoms with Crippen LogP contribution in [0.15, 0.2) is 53.3 Å². The van der Waals surface area contributed by atoms with Gasteiger partial charge in [-0.05, 0) is 59.9 Å². The lowest BCUT2D eigenvalue weighted by molar-refractivity contribution is -0.127. The van der Waals surface area contributed by atoms with Crippen molar-refractivity contribution in [1.29, 1.82) is 0 Å². The van der Waals surface area contributed by atoms with Crippen molar-refractivity contribution < 1.29 is 39.6 Å². The van der Waals surface area contributed by atoms with Crippen molar-refractivity contribution in [3.8, 4) is 16.9 Å². The molecule has 0 aliphatic heterocycles. The van der Waals surface area contributed by atoms with E-state index in [1.807, 2.05) is 24.3 Å². The molecule has 5 rings (SSSR count). The second-order valence-corrected chi connectivity index (χ2v) is 10.7. The van der Waals surface area contributed by atoms with E-state index in [0.29, 0.717) is 18.4 Å². The Bertz CT molecular complexity index is 1480. The summed E-state index contributed by atoms with van der Waals surface area (Å²) in [5, 5.41) is 42.1. The van der Waals surface area contributed by atoms with Gasteiger partial charge in [0.1, 0.15) is 28.6 Å². The van der Waals surface area contributed by atoms with Crippen LogP contribution in [0.3, 0.4) is 0 Å². The monoisotopic (exact) mass is 531 g/mol. The summed E-state index contributed by atoms with van der Waals surface area (Å²) in [6.07, 6.45) is 0.0742. The van der Waals surface area contributed by atoms with Gasteiger partial charge in [-0.25, -0.2) is 0 Å². The molecule has 0 saturated heterocycles. The Morgan fingerprint density at radius 1 is 1.03 bits per heavy atom. The fourth-order valence-corrected chi connectivity index (χ4v) is 6.34. The number of carbonyl (C=O) groups excluding carboxylic acids is 4. The molecule has 4 unspecified atom stereocenters. The molecule has 9 heteroatoms. The number of nitrogens with two attached hydrogens (primary N) is 1. The number of Topliss-reactive ketones (excluding diaryl/α,β-unsaturated/α-hetero) is 3. The van der Waals surface area contributed by atoms with Crippen LogP contribution in [0.25, 0.3) is 16.9 Å². The van der Waals surface area contributed by atoms with E-state index in [-0.39, 0.29) is 47.7 Å². The van der Waals surface area contributed by atoms with E-state index < -0.39 is 52.7 Å². The van der Waals surface area contributed by atoms with E-state index in [2.05, 4.69) is 0 Å². The van der Waals surface area contributed by atoms with Gasteiger partial charge in [0.05, 0.1) is 17.6 Å². The Kier molecular flexibility index (Phi) is 6.64. The number of benzene rings is 2. The normalized spacial score (nSPS) is 23.2. The number of fused-ring (bicyclic) bond motifs is 3. The minimum atomic E-state index is -1.16. The van der Waals surface area contributed by atoms with Gasteiger partial charge >= 0.3 is 0 Å². The zero-order valence-corrected chi connectivity index (χ0v) is 21.3. The number of primary amides is 1. The van der Waals surface area contributed by atoms with E-state index >= 15 is 0 Å². The Morgan fingerprint density at radius 2 is 1.72 bits per heavy atom. The molecular weight excluding hydrogens is 502 g/mol. The van der Waals surface area contributed by atoms with E-state index in [9.17, 15) is 39.6 Å². The molecule has 3 aliphatic rings. The van der Waals surface area contributed by atoms with Crippen LogP contribution < -0.4 is 5.73 Å². The molecule has 0 bridgehead atoms. The quantitative estimate of drug-likeness (QED) is 0.354. The predicted molar refractivity (Wildman–Crippen MR) is 140 cm³/mol. The van der Waals surface area contributed by atoms with Crippen molar-refractivity contribution in [3.05, 3.63) is 70.0 Å². The number of aliphatic hydroxyl groups excluding tert-OH is 3. The Hall–Kier alpha value is -4.24. The van der Waals surface area contributed by atoms with Crippen molar-refractivity contribution in [1.82, 2.24) is 0 Å². The van der Waals surface area contributed by atoms with E-state index in [4.69, 9.17) is 5.73 Å². The summed E-state index contributed by atoms with van der Waals surface area (Å²) in [5.41, 5.74) is 7.85. The van der Waals surface area contributed by atoms with Gasteiger partial charge in [-0.15, -0.1) is 0 Å². The summed E-state index contributed by atoms with van der Waals surface area (Å²) < 4.78 is 0.